The van der Waals surface area contributed by atoms with Crippen molar-refractivity contribution in [1.29, 1.82) is 0 Å². The van der Waals surface area contributed by atoms with E-state index >= 15 is 0 Å². The van der Waals surface area contributed by atoms with Crippen LogP contribution in [0.15, 0.2) is 0 Å². The highest BCUT2D eigenvalue weighted by Gasteiger charge is 2.27. The number of hydrogen-bond donors (Lipinski definition) is 0. The Balaban J connectivity index is 2.38. The first-order valence-electron chi connectivity index (χ1n) is 4.65. The minimum Gasteiger partial charge on any atom is -0.616 e. The lowest BCUT2D eigenvalue weighted by molar-refractivity contribution is 0.232. The van der Waals surface area contributed by atoms with E-state index in [-0.39, 0.29) is 0 Å². The number of nitrogens with zero attached hydrogens (tertiary/aromatic N) is 1. The summed E-state index contributed by atoms with van der Waals surface area (Å²) in [6, 6.07) is 0.555. The van der Waals surface area contributed by atoms with Crippen molar-refractivity contribution in [3.8, 4) is 0 Å². The van der Waals surface area contributed by atoms with Crippen molar-refractivity contribution in [3.63, 3.8) is 0 Å². The van der Waals surface area contributed by atoms with Gasteiger partial charge in [0.05, 0.1) is 6.04 Å². The summed E-state index contributed by atoms with van der Waals surface area (Å²) in [5, 5.41) is 0. The zero-order valence-electron chi connectivity index (χ0n) is 8.25. The highest BCUT2D eigenvalue weighted by Crippen LogP contribution is 2.16. The van der Waals surface area contributed by atoms with Crippen molar-refractivity contribution < 1.29 is 4.55 Å². The molecule has 2 atom stereocenters. The first-order chi connectivity index (χ1) is 5.59. The van der Waals surface area contributed by atoms with Crippen LogP contribution in [0.5, 0.6) is 0 Å². The lowest BCUT2D eigenvalue weighted by Gasteiger charge is -2.34. The maximum absolute atomic E-state index is 11.3. The Bertz CT molecular complexity index is 138. The number of hydrogen-bond acceptors (Lipinski definition) is 2. The molecule has 12 heavy (non-hydrogen) atoms. The Morgan fingerprint density at radius 1 is 1.58 bits per heavy atom. The summed E-state index contributed by atoms with van der Waals surface area (Å²) in [6.45, 7) is 5.46. The Morgan fingerprint density at radius 2 is 2.25 bits per heavy atom. The van der Waals surface area contributed by atoms with Gasteiger partial charge in [-0.25, -0.2) is 0 Å². The van der Waals surface area contributed by atoms with Gasteiger partial charge in [-0.1, -0.05) is 25.0 Å². The first-order valence-corrected chi connectivity index (χ1v) is 6.13. The lowest BCUT2D eigenvalue weighted by Crippen LogP contribution is -2.46. The standard InChI is InChI=1S/C9H19NOS/c1-8(2)6-9-7-12(11)5-4-10(9)3/h8-9H,4-7H2,1-3H3. The summed E-state index contributed by atoms with van der Waals surface area (Å²) in [5.41, 5.74) is 0. The van der Waals surface area contributed by atoms with Gasteiger partial charge in [0, 0.05) is 6.54 Å². The van der Waals surface area contributed by atoms with Gasteiger partial charge in [0.25, 0.3) is 0 Å². The molecule has 1 aliphatic heterocycles. The van der Waals surface area contributed by atoms with E-state index in [1.807, 2.05) is 0 Å². The fraction of sp³-hybridized carbons (Fsp3) is 1.00. The predicted molar refractivity (Wildman–Crippen MR) is 53.7 cm³/mol. The van der Waals surface area contributed by atoms with E-state index in [2.05, 4.69) is 25.8 Å². The first kappa shape index (κ1) is 10.4. The molecule has 0 amide bonds. The molecule has 0 spiro atoms. The molecule has 0 radical (unpaired) electrons. The van der Waals surface area contributed by atoms with E-state index in [1.54, 1.807) is 0 Å². The molecule has 0 saturated carbocycles. The molecule has 1 rings (SSSR count). The van der Waals surface area contributed by atoms with E-state index in [4.69, 9.17) is 0 Å². The van der Waals surface area contributed by atoms with Crippen LogP contribution in [0, 0.1) is 5.92 Å². The van der Waals surface area contributed by atoms with E-state index < -0.39 is 11.2 Å². The third-order valence-corrected chi connectivity index (χ3v) is 3.81. The van der Waals surface area contributed by atoms with Gasteiger partial charge >= 0.3 is 0 Å². The van der Waals surface area contributed by atoms with Gasteiger partial charge in [-0.3, -0.25) is 4.90 Å². The molecule has 0 aromatic rings. The van der Waals surface area contributed by atoms with Crippen LogP contribution in [0.4, 0.5) is 0 Å². The molecule has 0 aromatic carbocycles. The monoisotopic (exact) mass is 189 g/mol. The van der Waals surface area contributed by atoms with Gasteiger partial charge in [0.1, 0.15) is 11.5 Å². The van der Waals surface area contributed by atoms with E-state index in [9.17, 15) is 4.55 Å². The van der Waals surface area contributed by atoms with Crippen molar-refractivity contribution in [2.75, 3.05) is 25.1 Å². The molecule has 0 bridgehead atoms. The Kier molecular flexibility index (Phi) is 3.87. The zero-order chi connectivity index (χ0) is 9.14. The van der Waals surface area contributed by atoms with Crippen LogP contribution in [0.1, 0.15) is 20.3 Å². The van der Waals surface area contributed by atoms with Crippen molar-refractivity contribution in [2.24, 2.45) is 5.92 Å². The van der Waals surface area contributed by atoms with Gasteiger partial charge in [-0.2, -0.15) is 0 Å². The van der Waals surface area contributed by atoms with Crippen LogP contribution in [0.3, 0.4) is 0 Å². The van der Waals surface area contributed by atoms with E-state index in [0.29, 0.717) is 12.0 Å². The van der Waals surface area contributed by atoms with Gasteiger partial charge in [0.2, 0.25) is 0 Å². The van der Waals surface area contributed by atoms with Gasteiger partial charge in [-0.15, -0.1) is 0 Å². The van der Waals surface area contributed by atoms with Crippen LogP contribution in [-0.4, -0.2) is 40.6 Å². The van der Waals surface area contributed by atoms with Gasteiger partial charge in [0.15, 0.2) is 0 Å². The average molecular weight is 189 g/mol. The van der Waals surface area contributed by atoms with Crippen LogP contribution in [-0.2, 0) is 11.2 Å². The largest absolute Gasteiger partial charge is 0.616 e. The Labute approximate surface area is 78.5 Å². The second-order valence-corrected chi connectivity index (χ2v) is 5.70. The molecule has 1 aliphatic rings. The topological polar surface area (TPSA) is 26.3 Å². The second-order valence-electron chi connectivity index (χ2n) is 4.07. The van der Waals surface area contributed by atoms with Gasteiger partial charge < -0.3 is 4.55 Å². The summed E-state index contributed by atoms with van der Waals surface area (Å²) >= 11 is -0.549. The van der Waals surface area contributed by atoms with E-state index in [1.165, 1.54) is 6.42 Å². The van der Waals surface area contributed by atoms with Crippen molar-refractivity contribution in [1.82, 2.24) is 4.90 Å². The molecular formula is C9H19NOS. The molecule has 2 unspecified atom stereocenters. The molecule has 3 heteroatoms. The summed E-state index contributed by atoms with van der Waals surface area (Å²) in [5.74, 6) is 2.47. The molecule has 2 nitrogen and oxygen atoms in total. The fourth-order valence-electron chi connectivity index (χ4n) is 1.65. The summed E-state index contributed by atoms with van der Waals surface area (Å²) in [4.78, 5) is 2.35. The highest BCUT2D eigenvalue weighted by molar-refractivity contribution is 7.91. The molecule has 0 N–H and O–H groups in total. The van der Waals surface area contributed by atoms with Crippen LogP contribution in [0.25, 0.3) is 0 Å². The summed E-state index contributed by atoms with van der Waals surface area (Å²) in [7, 11) is 2.14. The normalized spacial score (nSPS) is 32.8. The third-order valence-electron chi connectivity index (χ3n) is 2.42. The van der Waals surface area contributed by atoms with Crippen LogP contribution < -0.4 is 0 Å². The minimum atomic E-state index is -0.549. The number of rotatable bonds is 2. The molecule has 1 fully saturated rings. The predicted octanol–water partition coefficient (Wildman–Crippen LogP) is 1.10. The second kappa shape index (κ2) is 4.49. The third kappa shape index (κ3) is 2.96. The van der Waals surface area contributed by atoms with Crippen molar-refractivity contribution >= 4 is 11.2 Å². The molecule has 1 saturated heterocycles. The highest BCUT2D eigenvalue weighted by atomic mass is 32.2. The SMILES string of the molecule is CC(C)CC1C[S+]([O-])CCN1C. The van der Waals surface area contributed by atoms with E-state index in [0.717, 1.165) is 18.1 Å². The Hall–Kier alpha value is 0.270. The van der Waals surface area contributed by atoms with Crippen molar-refractivity contribution in [2.45, 2.75) is 26.3 Å². The molecule has 0 aromatic heterocycles. The van der Waals surface area contributed by atoms with Crippen LogP contribution in [0.2, 0.25) is 0 Å². The quantitative estimate of drug-likeness (QED) is 0.608. The van der Waals surface area contributed by atoms with Crippen molar-refractivity contribution in [3.05, 3.63) is 0 Å². The maximum Gasteiger partial charge on any atom is 0.121 e. The Morgan fingerprint density at radius 3 is 2.83 bits per heavy atom. The average Bonchev–Trinajstić information content (AvgIpc) is 1.96. The fourth-order valence-corrected chi connectivity index (χ4v) is 3.12. The molecule has 0 aliphatic carbocycles. The summed E-state index contributed by atoms with van der Waals surface area (Å²) < 4.78 is 11.3. The molecular weight excluding hydrogens is 170 g/mol. The maximum atomic E-state index is 11.3. The van der Waals surface area contributed by atoms with Gasteiger partial charge in [-0.05, 0) is 19.4 Å². The lowest BCUT2D eigenvalue weighted by atomic mass is 10.0. The zero-order valence-corrected chi connectivity index (χ0v) is 9.06. The smallest absolute Gasteiger partial charge is 0.121 e. The van der Waals surface area contributed by atoms with Crippen LogP contribution >= 0.6 is 0 Å². The molecule has 1 heterocycles. The molecule has 72 valence electrons. The summed E-state index contributed by atoms with van der Waals surface area (Å²) in [6.07, 6.45) is 1.18. The minimum absolute atomic E-state index is 0.549.